The van der Waals surface area contributed by atoms with Gasteiger partial charge in [-0.3, -0.25) is 0 Å². The molecule has 2 rings (SSSR count). The van der Waals surface area contributed by atoms with Gasteiger partial charge >= 0.3 is 19.8 Å². The molecule has 0 aliphatic carbocycles. The Morgan fingerprint density at radius 1 is 0.758 bits per heavy atom. The predicted molar refractivity (Wildman–Crippen MR) is 124 cm³/mol. The van der Waals surface area contributed by atoms with Gasteiger partial charge in [0.1, 0.15) is 0 Å². The Morgan fingerprint density at radius 2 is 1.15 bits per heavy atom. The normalized spacial score (nSPS) is 10.3. The third kappa shape index (κ3) is 17.7. The molecule has 10 heteroatoms. The summed E-state index contributed by atoms with van der Waals surface area (Å²) >= 11 is 0. The Balaban J connectivity index is 0.000000470. The zero-order valence-corrected chi connectivity index (χ0v) is 20.0. The van der Waals surface area contributed by atoms with Crippen LogP contribution in [0.3, 0.4) is 0 Å². The van der Waals surface area contributed by atoms with Crippen LogP contribution in [0.2, 0.25) is 0 Å². The maximum absolute atomic E-state index is 10.3. The largest absolute Gasteiger partial charge is 0.496 e. The van der Waals surface area contributed by atoms with Crippen LogP contribution < -0.4 is 0 Å². The Labute approximate surface area is 194 Å². The fourth-order valence-electron chi connectivity index (χ4n) is 2.26. The lowest BCUT2D eigenvalue weighted by Gasteiger charge is -2.03. The summed E-state index contributed by atoms with van der Waals surface area (Å²) < 4.78 is 13.9. The lowest BCUT2D eigenvalue weighted by molar-refractivity contribution is -0.222. The van der Waals surface area contributed by atoms with Gasteiger partial charge in [0, 0.05) is 0 Å². The number of phosphoric acid groups is 1. The van der Waals surface area contributed by atoms with Crippen molar-refractivity contribution < 1.29 is 43.7 Å². The van der Waals surface area contributed by atoms with Crippen LogP contribution >= 0.6 is 7.82 Å². The van der Waals surface area contributed by atoms with Gasteiger partial charge < -0.3 is 20.0 Å². The molecule has 0 radical (unpaired) electrons. The SMILES string of the molecule is CCCCCCCOOP(=O)(O)O.Cc1ccc(C(=O)O)cc1.Cc1ccc(C(=O)O)cc1. The number of unbranched alkanes of at least 4 members (excludes halogenated alkanes) is 4. The average Bonchev–Trinajstić information content (AvgIpc) is 2.74. The number of carboxylic acid groups (broad SMARTS) is 2. The van der Waals surface area contributed by atoms with Gasteiger partial charge in [0.15, 0.2) is 0 Å². The molecule has 0 unspecified atom stereocenters. The number of hydrogen-bond acceptors (Lipinski definition) is 5. The Hall–Kier alpha value is -2.55. The Kier molecular flexibility index (Phi) is 15.7. The van der Waals surface area contributed by atoms with Crippen molar-refractivity contribution in [2.75, 3.05) is 6.61 Å². The molecule has 2 aromatic carbocycles. The van der Waals surface area contributed by atoms with E-state index in [0.29, 0.717) is 11.1 Å². The van der Waals surface area contributed by atoms with E-state index in [9.17, 15) is 14.2 Å². The molecule has 0 aliphatic heterocycles. The second kappa shape index (κ2) is 17.0. The van der Waals surface area contributed by atoms with Crippen molar-refractivity contribution in [1.29, 1.82) is 0 Å². The van der Waals surface area contributed by atoms with Crippen molar-refractivity contribution in [1.82, 2.24) is 0 Å². The number of carboxylic acids is 2. The summed E-state index contributed by atoms with van der Waals surface area (Å²) in [6.45, 7) is 6.19. The molecule has 0 atom stereocenters. The Bertz CT molecular complexity index is 803. The summed E-state index contributed by atoms with van der Waals surface area (Å²) in [6.07, 6.45) is 5.23. The molecular weight excluding hydrogens is 451 g/mol. The van der Waals surface area contributed by atoms with E-state index in [0.717, 1.165) is 30.4 Å². The van der Waals surface area contributed by atoms with Crippen molar-refractivity contribution in [3.8, 4) is 0 Å². The van der Waals surface area contributed by atoms with Gasteiger partial charge in [-0.25, -0.2) is 19.0 Å². The highest BCUT2D eigenvalue weighted by molar-refractivity contribution is 7.46. The predicted octanol–water partition coefficient (Wildman–Crippen LogP) is 5.38. The van der Waals surface area contributed by atoms with Crippen LogP contribution in [-0.4, -0.2) is 38.5 Å². The maximum Gasteiger partial charge on any atom is 0.496 e. The van der Waals surface area contributed by atoms with Gasteiger partial charge in [-0.1, -0.05) is 68.0 Å². The van der Waals surface area contributed by atoms with E-state index < -0.39 is 19.8 Å². The number of rotatable bonds is 10. The summed E-state index contributed by atoms with van der Waals surface area (Å²) in [5.74, 6) is -1.75. The fourth-order valence-corrected chi connectivity index (χ4v) is 2.47. The number of carbonyl (C=O) groups is 2. The zero-order chi connectivity index (χ0) is 25.3. The minimum Gasteiger partial charge on any atom is -0.478 e. The summed E-state index contributed by atoms with van der Waals surface area (Å²) in [7, 11) is -4.45. The van der Waals surface area contributed by atoms with Crippen LogP contribution in [0.4, 0.5) is 0 Å². The molecular formula is C23H33O9P. The first-order valence-corrected chi connectivity index (χ1v) is 12.0. The average molecular weight is 484 g/mol. The van der Waals surface area contributed by atoms with Crippen molar-refractivity contribution in [2.45, 2.75) is 52.9 Å². The second-order valence-corrected chi connectivity index (χ2v) is 8.27. The van der Waals surface area contributed by atoms with Crippen molar-refractivity contribution in [3.63, 3.8) is 0 Å². The highest BCUT2D eigenvalue weighted by Gasteiger charge is 2.14. The molecule has 0 aliphatic rings. The van der Waals surface area contributed by atoms with Crippen molar-refractivity contribution in [3.05, 3.63) is 70.8 Å². The molecule has 0 saturated carbocycles. The van der Waals surface area contributed by atoms with Gasteiger partial charge in [-0.2, -0.15) is 0 Å². The van der Waals surface area contributed by atoms with E-state index in [1.54, 1.807) is 48.5 Å². The molecule has 0 amide bonds. The lowest BCUT2D eigenvalue weighted by Crippen LogP contribution is -1.95. The van der Waals surface area contributed by atoms with Gasteiger partial charge in [-0.05, 0) is 44.5 Å². The van der Waals surface area contributed by atoms with Crippen LogP contribution in [0.1, 0.15) is 70.9 Å². The van der Waals surface area contributed by atoms with Crippen LogP contribution in [0, 0.1) is 13.8 Å². The quantitative estimate of drug-likeness (QED) is 0.151. The third-order valence-electron chi connectivity index (χ3n) is 4.08. The molecule has 33 heavy (non-hydrogen) atoms. The monoisotopic (exact) mass is 484 g/mol. The van der Waals surface area contributed by atoms with Gasteiger partial charge in [0.25, 0.3) is 0 Å². The number of benzene rings is 2. The zero-order valence-electron chi connectivity index (χ0n) is 19.1. The highest BCUT2D eigenvalue weighted by Crippen LogP contribution is 2.35. The molecule has 0 saturated heterocycles. The molecule has 0 fully saturated rings. The standard InChI is InChI=1S/2C8H8O2.C7H17O5P/c2*1-6-2-4-7(5-3-6)8(9)10;1-2-3-4-5-6-7-11-12-13(8,9)10/h2*2-5H,1H3,(H,9,10);2-7H2,1H3,(H2,8,9,10). The molecule has 0 bridgehead atoms. The van der Waals surface area contributed by atoms with Crippen LogP contribution in [-0.2, 0) is 14.1 Å². The molecule has 184 valence electrons. The summed E-state index contributed by atoms with van der Waals surface area (Å²) in [6, 6.07) is 13.5. The lowest BCUT2D eigenvalue weighted by atomic mass is 10.2. The van der Waals surface area contributed by atoms with Crippen molar-refractivity contribution >= 4 is 19.8 Å². The number of aromatic carboxylic acids is 2. The maximum atomic E-state index is 10.3. The second-order valence-electron chi connectivity index (χ2n) is 7.14. The molecule has 4 N–H and O–H groups in total. The molecule has 0 aromatic heterocycles. The first-order valence-electron chi connectivity index (χ1n) is 10.4. The van der Waals surface area contributed by atoms with Gasteiger partial charge in [0.2, 0.25) is 0 Å². The highest BCUT2D eigenvalue weighted by atomic mass is 31.2. The van der Waals surface area contributed by atoms with E-state index in [1.165, 1.54) is 12.8 Å². The first kappa shape index (κ1) is 30.4. The first-order chi connectivity index (χ1) is 15.5. The molecule has 0 spiro atoms. The van der Waals surface area contributed by atoms with E-state index in [2.05, 4.69) is 16.5 Å². The fraction of sp³-hybridized carbons (Fsp3) is 0.391. The molecule has 2 aromatic rings. The van der Waals surface area contributed by atoms with Gasteiger partial charge in [-0.15, -0.1) is 4.67 Å². The van der Waals surface area contributed by atoms with Crippen LogP contribution in [0.25, 0.3) is 0 Å². The summed E-state index contributed by atoms with van der Waals surface area (Å²) in [5.41, 5.74) is 2.83. The topological polar surface area (TPSA) is 151 Å². The third-order valence-corrected chi connectivity index (χ3v) is 4.38. The number of aryl methyl sites for hydroxylation is 2. The van der Waals surface area contributed by atoms with Crippen molar-refractivity contribution in [2.24, 2.45) is 0 Å². The van der Waals surface area contributed by atoms with Crippen LogP contribution in [0.5, 0.6) is 0 Å². The van der Waals surface area contributed by atoms with E-state index in [1.807, 2.05) is 13.8 Å². The minimum atomic E-state index is -4.45. The summed E-state index contributed by atoms with van der Waals surface area (Å²) in [4.78, 5) is 41.4. The Morgan fingerprint density at radius 3 is 1.48 bits per heavy atom. The minimum absolute atomic E-state index is 0.231. The van der Waals surface area contributed by atoms with E-state index >= 15 is 0 Å². The smallest absolute Gasteiger partial charge is 0.478 e. The summed E-state index contributed by atoms with van der Waals surface area (Å²) in [5, 5.41) is 17.0. The van der Waals surface area contributed by atoms with E-state index in [-0.39, 0.29) is 6.61 Å². The molecule has 0 heterocycles. The van der Waals surface area contributed by atoms with E-state index in [4.69, 9.17) is 20.0 Å². The number of hydrogen-bond donors (Lipinski definition) is 4. The molecule has 9 nitrogen and oxygen atoms in total. The van der Waals surface area contributed by atoms with Crippen LogP contribution in [0.15, 0.2) is 48.5 Å². The van der Waals surface area contributed by atoms with Gasteiger partial charge in [0.05, 0.1) is 17.7 Å².